The fourth-order valence-corrected chi connectivity index (χ4v) is 2.48. The van der Waals surface area contributed by atoms with E-state index in [0.717, 1.165) is 5.69 Å². The van der Waals surface area contributed by atoms with E-state index < -0.39 is 5.91 Å². The van der Waals surface area contributed by atoms with Crippen LogP contribution in [0.25, 0.3) is 5.69 Å². The van der Waals surface area contributed by atoms with E-state index in [-0.39, 0.29) is 28.3 Å². The molecule has 0 atom stereocenters. The van der Waals surface area contributed by atoms with Crippen LogP contribution >= 0.6 is 23.2 Å². The summed E-state index contributed by atoms with van der Waals surface area (Å²) in [6, 6.07) is 11.9. The van der Waals surface area contributed by atoms with Crippen molar-refractivity contribution in [2.45, 2.75) is 0 Å². The molecule has 0 aliphatic heterocycles. The zero-order valence-corrected chi connectivity index (χ0v) is 14.8. The van der Waals surface area contributed by atoms with Crippen molar-refractivity contribution in [2.75, 3.05) is 11.9 Å². The van der Waals surface area contributed by atoms with Crippen LogP contribution in [0.2, 0.25) is 10.2 Å². The predicted octanol–water partition coefficient (Wildman–Crippen LogP) is 2.94. The van der Waals surface area contributed by atoms with E-state index >= 15 is 0 Å². The molecular weight excluding hydrogens is 377 g/mol. The van der Waals surface area contributed by atoms with E-state index in [1.165, 1.54) is 12.1 Å². The van der Waals surface area contributed by atoms with Gasteiger partial charge in [-0.05, 0) is 42.5 Å². The van der Waals surface area contributed by atoms with Crippen LogP contribution in [0.5, 0.6) is 0 Å². The number of aromatic nitrogens is 3. The number of carbonyl (C=O) groups excluding carboxylic acids is 2. The number of amides is 2. The van der Waals surface area contributed by atoms with E-state index in [0.29, 0.717) is 5.69 Å². The number of hydrogen-bond acceptors (Lipinski definition) is 4. The van der Waals surface area contributed by atoms with Crippen molar-refractivity contribution in [3.63, 3.8) is 0 Å². The van der Waals surface area contributed by atoms with Crippen LogP contribution in [-0.4, -0.2) is 33.1 Å². The molecule has 7 nitrogen and oxygen atoms in total. The summed E-state index contributed by atoms with van der Waals surface area (Å²) in [6.45, 7) is -0.232. The molecule has 2 heterocycles. The maximum absolute atomic E-state index is 12.0. The van der Waals surface area contributed by atoms with Gasteiger partial charge < -0.3 is 10.6 Å². The average Bonchev–Trinajstić information content (AvgIpc) is 3.17. The molecule has 0 saturated carbocycles. The number of halogens is 2. The zero-order chi connectivity index (χ0) is 18.5. The summed E-state index contributed by atoms with van der Waals surface area (Å²) in [6.07, 6.45) is 3.50. The normalized spacial score (nSPS) is 10.4. The van der Waals surface area contributed by atoms with Gasteiger partial charge in [0.1, 0.15) is 10.8 Å². The molecule has 2 amide bonds. The second-order valence-electron chi connectivity index (χ2n) is 5.19. The first-order chi connectivity index (χ1) is 12.5. The van der Waals surface area contributed by atoms with Crippen LogP contribution < -0.4 is 10.6 Å². The second kappa shape index (κ2) is 7.99. The van der Waals surface area contributed by atoms with Gasteiger partial charge in [0.25, 0.3) is 5.91 Å². The molecule has 0 unspecified atom stereocenters. The van der Waals surface area contributed by atoms with E-state index in [1.807, 2.05) is 24.4 Å². The molecule has 3 aromatic rings. The first kappa shape index (κ1) is 17.9. The fourth-order valence-electron chi connectivity index (χ4n) is 2.15. The van der Waals surface area contributed by atoms with E-state index in [4.69, 9.17) is 23.2 Å². The molecule has 0 spiro atoms. The molecule has 2 aromatic heterocycles. The smallest absolute Gasteiger partial charge is 0.271 e. The van der Waals surface area contributed by atoms with Crippen LogP contribution in [0, 0.1) is 0 Å². The number of rotatable bonds is 5. The molecule has 0 radical (unpaired) electrons. The standard InChI is InChI=1S/C17H13Cl2N5O2/c18-13-6-7-14(19)23-16(13)17(26)20-10-15(25)22-11-2-4-12(5-3-11)24-9-1-8-21-24/h1-9H,10H2,(H,20,26)(H,22,25). The van der Waals surface area contributed by atoms with Gasteiger partial charge in [-0.1, -0.05) is 23.2 Å². The lowest BCUT2D eigenvalue weighted by Crippen LogP contribution is -2.33. The topological polar surface area (TPSA) is 88.9 Å². The maximum Gasteiger partial charge on any atom is 0.271 e. The van der Waals surface area contributed by atoms with Crippen LogP contribution in [0.15, 0.2) is 54.9 Å². The van der Waals surface area contributed by atoms with E-state index in [1.54, 1.807) is 23.0 Å². The maximum atomic E-state index is 12.0. The van der Waals surface area contributed by atoms with Gasteiger partial charge >= 0.3 is 0 Å². The number of hydrogen-bond donors (Lipinski definition) is 2. The molecule has 0 aliphatic carbocycles. The molecule has 3 rings (SSSR count). The Hall–Kier alpha value is -2.90. The van der Waals surface area contributed by atoms with Crippen LogP contribution in [0.1, 0.15) is 10.5 Å². The first-order valence-electron chi connectivity index (χ1n) is 7.53. The van der Waals surface area contributed by atoms with Gasteiger partial charge in [0.2, 0.25) is 5.91 Å². The Labute approximate surface area is 158 Å². The zero-order valence-electron chi connectivity index (χ0n) is 13.3. The predicted molar refractivity (Wildman–Crippen MR) is 98.8 cm³/mol. The van der Waals surface area contributed by atoms with Gasteiger partial charge in [-0.15, -0.1) is 0 Å². The quantitative estimate of drug-likeness (QED) is 0.656. The summed E-state index contributed by atoms with van der Waals surface area (Å²) in [5.41, 5.74) is 1.43. The summed E-state index contributed by atoms with van der Waals surface area (Å²) >= 11 is 11.6. The number of nitrogens with one attached hydrogen (secondary N) is 2. The SMILES string of the molecule is O=C(CNC(=O)c1nc(Cl)ccc1Cl)Nc1ccc(-n2cccn2)cc1. The Balaban J connectivity index is 1.55. The van der Waals surface area contributed by atoms with Crippen molar-refractivity contribution in [3.8, 4) is 5.69 Å². The molecular formula is C17H13Cl2N5O2. The van der Waals surface area contributed by atoms with Gasteiger partial charge in [0, 0.05) is 18.1 Å². The highest BCUT2D eigenvalue weighted by Crippen LogP contribution is 2.16. The minimum atomic E-state index is -0.582. The third-order valence-corrected chi connectivity index (χ3v) is 3.87. The minimum Gasteiger partial charge on any atom is -0.342 e. The molecule has 9 heteroatoms. The number of benzene rings is 1. The lowest BCUT2D eigenvalue weighted by atomic mass is 10.3. The molecule has 2 N–H and O–H groups in total. The third-order valence-electron chi connectivity index (χ3n) is 3.36. The molecule has 0 aliphatic rings. The first-order valence-corrected chi connectivity index (χ1v) is 8.29. The summed E-state index contributed by atoms with van der Waals surface area (Å²) in [7, 11) is 0. The lowest BCUT2D eigenvalue weighted by Gasteiger charge is -2.08. The summed E-state index contributed by atoms with van der Waals surface area (Å²) in [5.74, 6) is -0.968. The van der Waals surface area contributed by atoms with Crippen molar-refractivity contribution >= 4 is 40.7 Å². The fraction of sp³-hybridized carbons (Fsp3) is 0.0588. The Morgan fingerprint density at radius 1 is 1.08 bits per heavy atom. The van der Waals surface area contributed by atoms with E-state index in [9.17, 15) is 9.59 Å². The lowest BCUT2D eigenvalue weighted by molar-refractivity contribution is -0.115. The van der Waals surface area contributed by atoms with Gasteiger partial charge in [-0.25, -0.2) is 9.67 Å². The van der Waals surface area contributed by atoms with Crippen molar-refractivity contribution < 1.29 is 9.59 Å². The van der Waals surface area contributed by atoms with Crippen LogP contribution in [0.3, 0.4) is 0 Å². The molecule has 0 fully saturated rings. The second-order valence-corrected chi connectivity index (χ2v) is 5.99. The number of nitrogens with zero attached hydrogens (tertiary/aromatic N) is 3. The molecule has 0 bridgehead atoms. The van der Waals surface area contributed by atoms with Crippen molar-refractivity contribution in [2.24, 2.45) is 0 Å². The molecule has 1 aromatic carbocycles. The summed E-state index contributed by atoms with van der Waals surface area (Å²) in [5, 5.41) is 9.55. The van der Waals surface area contributed by atoms with Gasteiger partial charge in [-0.2, -0.15) is 5.10 Å². The van der Waals surface area contributed by atoms with Gasteiger partial charge in [0.15, 0.2) is 0 Å². The minimum absolute atomic E-state index is 0.0319. The largest absolute Gasteiger partial charge is 0.342 e. The number of carbonyl (C=O) groups is 2. The van der Waals surface area contributed by atoms with Crippen LogP contribution in [0.4, 0.5) is 5.69 Å². The van der Waals surface area contributed by atoms with Gasteiger partial charge in [-0.3, -0.25) is 9.59 Å². The monoisotopic (exact) mass is 389 g/mol. The highest BCUT2D eigenvalue weighted by Gasteiger charge is 2.14. The highest BCUT2D eigenvalue weighted by atomic mass is 35.5. The summed E-state index contributed by atoms with van der Waals surface area (Å²) in [4.78, 5) is 27.9. The molecule has 26 heavy (non-hydrogen) atoms. The Morgan fingerprint density at radius 3 is 2.54 bits per heavy atom. The number of pyridine rings is 1. The molecule has 0 saturated heterocycles. The third kappa shape index (κ3) is 4.38. The van der Waals surface area contributed by atoms with Crippen LogP contribution in [-0.2, 0) is 4.79 Å². The van der Waals surface area contributed by atoms with Crippen molar-refractivity contribution in [3.05, 3.63) is 70.7 Å². The highest BCUT2D eigenvalue weighted by molar-refractivity contribution is 6.34. The Morgan fingerprint density at radius 2 is 1.85 bits per heavy atom. The van der Waals surface area contributed by atoms with Crippen molar-refractivity contribution in [1.82, 2.24) is 20.1 Å². The van der Waals surface area contributed by atoms with Gasteiger partial charge in [0.05, 0.1) is 17.3 Å². The number of anilines is 1. The average molecular weight is 390 g/mol. The Kier molecular flexibility index (Phi) is 5.50. The summed E-state index contributed by atoms with van der Waals surface area (Å²) < 4.78 is 1.70. The van der Waals surface area contributed by atoms with E-state index in [2.05, 4.69) is 20.7 Å². The molecule has 132 valence electrons. The van der Waals surface area contributed by atoms with Crippen molar-refractivity contribution in [1.29, 1.82) is 0 Å². The Bertz CT molecular complexity index is 927.